The fourth-order valence-electron chi connectivity index (χ4n) is 7.36. The fourth-order valence-corrected chi connectivity index (χ4v) is 7.36. The summed E-state index contributed by atoms with van der Waals surface area (Å²) in [5, 5.41) is 6.37. The third-order valence-electron chi connectivity index (χ3n) is 9.91. The standard InChI is InChI=1S/C48H30N2O/c1-2-11-31(12-3-1)32-23-25-33(26-24-32)36-16-8-17-37(29-36)38-18-9-19-39(30-38)45-44-43-28-27-35-14-5-7-21-41(35)46(43)51-48(44)50-47(49-45)42-22-10-15-34-13-4-6-20-40(34)42/h1-30H. The number of nitrogens with zero attached hydrogens (tertiary/aromatic N) is 2. The molecule has 0 N–H and O–H groups in total. The Balaban J connectivity index is 1.13. The maximum Gasteiger partial charge on any atom is 0.231 e. The van der Waals surface area contributed by atoms with Crippen molar-refractivity contribution in [3.8, 4) is 56.0 Å². The van der Waals surface area contributed by atoms with Crippen LogP contribution < -0.4 is 0 Å². The minimum absolute atomic E-state index is 0.584. The molecule has 0 aliphatic heterocycles. The number of hydrogen-bond acceptors (Lipinski definition) is 3. The zero-order valence-electron chi connectivity index (χ0n) is 27.6. The number of fused-ring (bicyclic) bond motifs is 6. The molecule has 0 saturated carbocycles. The molecule has 0 aliphatic rings. The second-order valence-corrected chi connectivity index (χ2v) is 13.0. The van der Waals surface area contributed by atoms with Crippen molar-refractivity contribution in [3.63, 3.8) is 0 Å². The predicted molar refractivity (Wildman–Crippen MR) is 212 cm³/mol. The number of aromatic nitrogens is 2. The van der Waals surface area contributed by atoms with E-state index in [0.29, 0.717) is 11.5 Å². The lowest BCUT2D eigenvalue weighted by Crippen LogP contribution is -1.95. The van der Waals surface area contributed by atoms with Gasteiger partial charge in [0.2, 0.25) is 5.71 Å². The average Bonchev–Trinajstić information content (AvgIpc) is 3.60. The maximum atomic E-state index is 6.67. The number of rotatable bonds is 5. The van der Waals surface area contributed by atoms with E-state index in [9.17, 15) is 0 Å². The SMILES string of the molecule is c1ccc(-c2ccc(-c3cccc(-c4cccc(-c5nc(-c6cccc7ccccc67)nc6oc7c8ccccc8ccc7c56)c4)c3)cc2)cc1. The molecule has 3 nitrogen and oxygen atoms in total. The molecule has 51 heavy (non-hydrogen) atoms. The van der Waals surface area contributed by atoms with Gasteiger partial charge in [-0.15, -0.1) is 0 Å². The first kappa shape index (κ1) is 29.1. The van der Waals surface area contributed by atoms with Crippen LogP contribution in [0.5, 0.6) is 0 Å². The van der Waals surface area contributed by atoms with Crippen molar-refractivity contribution in [3.05, 3.63) is 182 Å². The first-order chi connectivity index (χ1) is 25.3. The van der Waals surface area contributed by atoms with Crippen LogP contribution in [0, 0.1) is 0 Å². The van der Waals surface area contributed by atoms with Crippen LogP contribution in [0.3, 0.4) is 0 Å². The highest BCUT2D eigenvalue weighted by Crippen LogP contribution is 2.41. The van der Waals surface area contributed by atoms with E-state index in [1.165, 1.54) is 22.3 Å². The van der Waals surface area contributed by atoms with Crippen molar-refractivity contribution in [2.45, 2.75) is 0 Å². The minimum atomic E-state index is 0.584. The van der Waals surface area contributed by atoms with E-state index >= 15 is 0 Å². The van der Waals surface area contributed by atoms with Crippen LogP contribution in [0.15, 0.2) is 186 Å². The molecular weight excluding hydrogens is 621 g/mol. The molecular formula is C48H30N2O. The fraction of sp³-hybridized carbons (Fsp3) is 0. The van der Waals surface area contributed by atoms with Gasteiger partial charge in [-0.3, -0.25) is 0 Å². The molecule has 8 aromatic carbocycles. The lowest BCUT2D eigenvalue weighted by molar-refractivity contribution is 0.657. The second kappa shape index (κ2) is 11.9. The molecule has 0 spiro atoms. The molecule has 0 unspecified atom stereocenters. The van der Waals surface area contributed by atoms with Crippen LogP contribution in [0.1, 0.15) is 0 Å². The quantitative estimate of drug-likeness (QED) is 0.186. The summed E-state index contributed by atoms with van der Waals surface area (Å²) in [6.07, 6.45) is 0. The van der Waals surface area contributed by atoms with Crippen molar-refractivity contribution >= 4 is 43.6 Å². The van der Waals surface area contributed by atoms with Crippen molar-refractivity contribution in [2.24, 2.45) is 0 Å². The molecule has 0 saturated heterocycles. The lowest BCUT2D eigenvalue weighted by atomic mass is 9.95. The normalized spacial score (nSPS) is 11.5. The van der Waals surface area contributed by atoms with Crippen molar-refractivity contribution in [1.29, 1.82) is 0 Å². The lowest BCUT2D eigenvalue weighted by Gasteiger charge is -2.11. The van der Waals surface area contributed by atoms with Crippen LogP contribution in [0.25, 0.3) is 99.6 Å². The Labute approximate surface area is 295 Å². The molecule has 10 aromatic rings. The average molecular weight is 651 g/mol. The molecule has 0 radical (unpaired) electrons. The van der Waals surface area contributed by atoms with Gasteiger partial charge in [0.15, 0.2) is 5.82 Å². The van der Waals surface area contributed by atoms with E-state index in [2.05, 4.69) is 182 Å². The van der Waals surface area contributed by atoms with Gasteiger partial charge >= 0.3 is 0 Å². The third kappa shape index (κ3) is 5.06. The third-order valence-corrected chi connectivity index (χ3v) is 9.91. The van der Waals surface area contributed by atoms with Crippen molar-refractivity contribution in [1.82, 2.24) is 9.97 Å². The van der Waals surface area contributed by atoms with E-state index in [-0.39, 0.29) is 0 Å². The van der Waals surface area contributed by atoms with Gasteiger partial charge < -0.3 is 4.42 Å². The number of hydrogen-bond donors (Lipinski definition) is 0. The van der Waals surface area contributed by atoms with Gasteiger partial charge in [-0.2, -0.15) is 4.98 Å². The highest BCUT2D eigenvalue weighted by atomic mass is 16.3. The van der Waals surface area contributed by atoms with Crippen molar-refractivity contribution in [2.75, 3.05) is 0 Å². The topological polar surface area (TPSA) is 38.9 Å². The maximum absolute atomic E-state index is 6.67. The monoisotopic (exact) mass is 650 g/mol. The molecule has 0 atom stereocenters. The molecule has 0 amide bonds. The molecule has 0 fully saturated rings. The Morgan fingerprint density at radius 1 is 0.353 bits per heavy atom. The molecule has 10 rings (SSSR count). The van der Waals surface area contributed by atoms with Crippen LogP contribution in [0.2, 0.25) is 0 Å². The molecule has 238 valence electrons. The van der Waals surface area contributed by atoms with Gasteiger partial charge in [-0.1, -0.05) is 164 Å². The molecule has 0 bridgehead atoms. The van der Waals surface area contributed by atoms with Gasteiger partial charge in [0.25, 0.3) is 0 Å². The predicted octanol–water partition coefficient (Wildman–Crippen LogP) is 13.0. The minimum Gasteiger partial charge on any atom is -0.437 e. The summed E-state index contributed by atoms with van der Waals surface area (Å²) in [5.74, 6) is 0.643. The smallest absolute Gasteiger partial charge is 0.231 e. The van der Waals surface area contributed by atoms with E-state index in [4.69, 9.17) is 14.4 Å². The van der Waals surface area contributed by atoms with E-state index < -0.39 is 0 Å². The highest BCUT2D eigenvalue weighted by Gasteiger charge is 2.20. The molecule has 2 aromatic heterocycles. The van der Waals surface area contributed by atoms with Gasteiger partial charge in [-0.05, 0) is 67.7 Å². The zero-order chi connectivity index (χ0) is 33.7. The number of benzene rings is 8. The summed E-state index contributed by atoms with van der Waals surface area (Å²) in [6.45, 7) is 0. The molecule has 3 heteroatoms. The molecule has 2 heterocycles. The Morgan fingerprint density at radius 2 is 0.882 bits per heavy atom. The summed E-state index contributed by atoms with van der Waals surface area (Å²) in [7, 11) is 0. The highest BCUT2D eigenvalue weighted by molar-refractivity contribution is 6.18. The van der Waals surface area contributed by atoms with Crippen LogP contribution in [-0.2, 0) is 0 Å². The van der Waals surface area contributed by atoms with E-state index in [1.54, 1.807) is 0 Å². The Bertz CT molecular complexity index is 2900. The van der Waals surface area contributed by atoms with Crippen molar-refractivity contribution < 1.29 is 4.42 Å². The summed E-state index contributed by atoms with van der Waals surface area (Å²) in [6, 6.07) is 64.1. The summed E-state index contributed by atoms with van der Waals surface area (Å²) in [4.78, 5) is 10.5. The van der Waals surface area contributed by atoms with Crippen LogP contribution in [-0.4, -0.2) is 9.97 Å². The first-order valence-electron chi connectivity index (χ1n) is 17.2. The largest absolute Gasteiger partial charge is 0.437 e. The van der Waals surface area contributed by atoms with Gasteiger partial charge in [0.1, 0.15) is 5.58 Å². The summed E-state index contributed by atoms with van der Waals surface area (Å²) in [5.41, 5.74) is 11.3. The van der Waals surface area contributed by atoms with E-state index in [1.807, 2.05) is 0 Å². The number of furan rings is 1. The summed E-state index contributed by atoms with van der Waals surface area (Å²) >= 11 is 0. The zero-order valence-corrected chi connectivity index (χ0v) is 27.6. The Hall–Kier alpha value is -6.84. The Kier molecular flexibility index (Phi) is 6.81. The van der Waals surface area contributed by atoms with Crippen LogP contribution >= 0.6 is 0 Å². The van der Waals surface area contributed by atoms with Gasteiger partial charge in [-0.25, -0.2) is 4.98 Å². The van der Waals surface area contributed by atoms with Gasteiger partial charge in [0.05, 0.1) is 11.1 Å². The molecule has 0 aliphatic carbocycles. The van der Waals surface area contributed by atoms with Crippen LogP contribution in [0.4, 0.5) is 0 Å². The second-order valence-electron chi connectivity index (χ2n) is 13.0. The first-order valence-corrected chi connectivity index (χ1v) is 17.2. The van der Waals surface area contributed by atoms with E-state index in [0.717, 1.165) is 65.8 Å². The Morgan fingerprint density at radius 3 is 1.65 bits per heavy atom. The summed E-state index contributed by atoms with van der Waals surface area (Å²) < 4.78 is 6.67. The van der Waals surface area contributed by atoms with Gasteiger partial charge in [0, 0.05) is 21.9 Å².